The zero-order chi connectivity index (χ0) is 11.7. The molecule has 1 atom stereocenters. The summed E-state index contributed by atoms with van der Waals surface area (Å²) in [5, 5.41) is 8.30. The average molecular weight is 235 g/mol. The van der Waals surface area contributed by atoms with Gasteiger partial charge in [0.1, 0.15) is 11.9 Å². The van der Waals surface area contributed by atoms with Crippen LogP contribution in [0.2, 0.25) is 0 Å². The lowest BCUT2D eigenvalue weighted by molar-refractivity contribution is 0.107. The first-order valence-corrected chi connectivity index (χ1v) is 6.85. The van der Waals surface area contributed by atoms with Crippen molar-refractivity contribution in [3.05, 3.63) is 11.3 Å². The van der Waals surface area contributed by atoms with E-state index in [1.165, 1.54) is 36.3 Å². The van der Waals surface area contributed by atoms with Crippen LogP contribution in [0.5, 0.6) is 0 Å². The lowest BCUT2D eigenvalue weighted by Crippen LogP contribution is -2.07. The van der Waals surface area contributed by atoms with Gasteiger partial charge >= 0.3 is 0 Å². The number of fused-ring (bicyclic) bond motifs is 1. The third-order valence-electron chi connectivity index (χ3n) is 3.76. The van der Waals surface area contributed by atoms with Gasteiger partial charge in [0.25, 0.3) is 0 Å². The summed E-state index contributed by atoms with van der Waals surface area (Å²) < 4.78 is 7.91. The molecule has 2 aliphatic heterocycles. The van der Waals surface area contributed by atoms with E-state index < -0.39 is 0 Å². The molecule has 0 spiro atoms. The summed E-state index contributed by atoms with van der Waals surface area (Å²) in [5.41, 5.74) is 2.62. The molecule has 0 aromatic carbocycles. The molecule has 0 aliphatic carbocycles. The first-order chi connectivity index (χ1) is 8.40. The molecule has 2 aliphatic rings. The van der Waals surface area contributed by atoms with Crippen LogP contribution in [-0.2, 0) is 17.7 Å². The summed E-state index contributed by atoms with van der Waals surface area (Å²) in [6.45, 7) is 5.05. The molecular formula is C13H21N3O. The Labute approximate surface area is 102 Å². The van der Waals surface area contributed by atoms with Crippen molar-refractivity contribution in [1.82, 2.24) is 9.78 Å². The molecule has 1 aromatic rings. The van der Waals surface area contributed by atoms with Gasteiger partial charge in [0.05, 0.1) is 5.69 Å². The Morgan fingerprint density at radius 2 is 2.35 bits per heavy atom. The first-order valence-electron chi connectivity index (χ1n) is 6.85. The van der Waals surface area contributed by atoms with Crippen LogP contribution in [0.25, 0.3) is 0 Å². The smallest absolute Gasteiger partial charge is 0.127 e. The van der Waals surface area contributed by atoms with Crippen molar-refractivity contribution in [2.45, 2.75) is 51.7 Å². The number of anilines is 1. The molecule has 4 nitrogen and oxygen atoms in total. The summed E-state index contributed by atoms with van der Waals surface area (Å²) in [5.74, 6) is 1.25. The van der Waals surface area contributed by atoms with Gasteiger partial charge in [0.2, 0.25) is 0 Å². The van der Waals surface area contributed by atoms with Crippen molar-refractivity contribution >= 4 is 5.82 Å². The van der Waals surface area contributed by atoms with Crippen LogP contribution < -0.4 is 5.32 Å². The molecule has 4 heteroatoms. The summed E-state index contributed by atoms with van der Waals surface area (Å²) >= 11 is 0. The van der Waals surface area contributed by atoms with Crippen LogP contribution in [0.15, 0.2) is 0 Å². The topological polar surface area (TPSA) is 39.1 Å². The van der Waals surface area contributed by atoms with E-state index in [9.17, 15) is 0 Å². The van der Waals surface area contributed by atoms with Crippen LogP contribution in [0.4, 0.5) is 5.82 Å². The summed E-state index contributed by atoms with van der Waals surface area (Å²) in [4.78, 5) is 0. The predicted molar refractivity (Wildman–Crippen MR) is 67.3 cm³/mol. The highest BCUT2D eigenvalue weighted by Crippen LogP contribution is 2.35. The molecule has 3 rings (SSSR count). The molecule has 1 unspecified atom stereocenters. The Balaban J connectivity index is 1.99. The molecule has 1 fully saturated rings. The molecule has 0 bridgehead atoms. The minimum atomic E-state index is 0.247. The van der Waals surface area contributed by atoms with E-state index in [0.717, 1.165) is 32.5 Å². The lowest BCUT2D eigenvalue weighted by atomic mass is 10.0. The van der Waals surface area contributed by atoms with Crippen molar-refractivity contribution in [1.29, 1.82) is 0 Å². The molecule has 94 valence electrons. The maximum atomic E-state index is 5.80. The standard InChI is InChI=1S/C13H21N3O/c1-2-16-13-10(6-3-4-8-14-13)12(15-16)11-7-5-9-17-11/h11,14H,2-9H2,1H3. The SMILES string of the molecule is CCn1nc(C2CCCO2)c2c1NCCCC2. The molecule has 0 radical (unpaired) electrons. The van der Waals surface area contributed by atoms with Crippen molar-refractivity contribution in [2.75, 3.05) is 18.5 Å². The first kappa shape index (κ1) is 11.1. The fourth-order valence-corrected chi connectivity index (χ4v) is 2.88. The minimum absolute atomic E-state index is 0.247. The highest BCUT2D eigenvalue weighted by atomic mass is 16.5. The van der Waals surface area contributed by atoms with Gasteiger partial charge in [-0.1, -0.05) is 0 Å². The van der Waals surface area contributed by atoms with Gasteiger partial charge in [0.15, 0.2) is 0 Å². The molecule has 0 saturated carbocycles. The van der Waals surface area contributed by atoms with E-state index in [1.807, 2.05) is 0 Å². The third-order valence-corrected chi connectivity index (χ3v) is 3.76. The van der Waals surface area contributed by atoms with Crippen LogP contribution in [-0.4, -0.2) is 22.9 Å². The van der Waals surface area contributed by atoms with Gasteiger partial charge in [-0.3, -0.25) is 0 Å². The van der Waals surface area contributed by atoms with Crippen LogP contribution >= 0.6 is 0 Å². The molecular weight excluding hydrogens is 214 g/mol. The van der Waals surface area contributed by atoms with Gasteiger partial charge in [-0.15, -0.1) is 0 Å². The second kappa shape index (κ2) is 4.69. The molecule has 1 saturated heterocycles. The average Bonchev–Trinajstić information content (AvgIpc) is 2.91. The van der Waals surface area contributed by atoms with Gasteiger partial charge in [-0.05, 0) is 39.0 Å². The Kier molecular flexibility index (Phi) is 3.05. The Morgan fingerprint density at radius 1 is 1.41 bits per heavy atom. The van der Waals surface area contributed by atoms with Crippen molar-refractivity contribution in [3.63, 3.8) is 0 Å². The monoisotopic (exact) mass is 235 g/mol. The van der Waals surface area contributed by atoms with Crippen molar-refractivity contribution in [2.24, 2.45) is 0 Å². The van der Waals surface area contributed by atoms with Crippen LogP contribution in [0.1, 0.15) is 50.0 Å². The van der Waals surface area contributed by atoms with E-state index in [2.05, 4.69) is 16.9 Å². The van der Waals surface area contributed by atoms with E-state index in [-0.39, 0.29) is 6.10 Å². The summed E-state index contributed by atoms with van der Waals surface area (Å²) in [6, 6.07) is 0. The number of rotatable bonds is 2. The second-order valence-corrected chi connectivity index (χ2v) is 4.91. The van der Waals surface area contributed by atoms with E-state index >= 15 is 0 Å². The third kappa shape index (κ3) is 1.95. The number of nitrogens with zero attached hydrogens (tertiary/aromatic N) is 2. The maximum Gasteiger partial charge on any atom is 0.127 e. The molecule has 0 amide bonds. The molecule has 1 N–H and O–H groups in total. The highest BCUT2D eigenvalue weighted by molar-refractivity contribution is 5.49. The van der Waals surface area contributed by atoms with E-state index in [4.69, 9.17) is 9.84 Å². The quantitative estimate of drug-likeness (QED) is 0.856. The number of hydrogen-bond donors (Lipinski definition) is 1. The minimum Gasteiger partial charge on any atom is -0.372 e. The maximum absolute atomic E-state index is 5.80. The molecule has 1 aromatic heterocycles. The zero-order valence-electron chi connectivity index (χ0n) is 10.5. The Hall–Kier alpha value is -1.03. The highest BCUT2D eigenvalue weighted by Gasteiger charge is 2.27. The number of aryl methyl sites for hydroxylation is 1. The normalized spacial score (nSPS) is 24.2. The largest absolute Gasteiger partial charge is 0.372 e. The number of nitrogens with one attached hydrogen (secondary N) is 1. The zero-order valence-corrected chi connectivity index (χ0v) is 10.5. The van der Waals surface area contributed by atoms with Gasteiger partial charge in [0, 0.05) is 25.3 Å². The van der Waals surface area contributed by atoms with E-state index in [0.29, 0.717) is 0 Å². The van der Waals surface area contributed by atoms with E-state index in [1.54, 1.807) is 0 Å². The number of hydrogen-bond acceptors (Lipinski definition) is 3. The number of ether oxygens (including phenoxy) is 1. The predicted octanol–water partition coefficient (Wildman–Crippen LogP) is 2.50. The number of aromatic nitrogens is 2. The lowest BCUT2D eigenvalue weighted by Gasteiger charge is -2.08. The summed E-state index contributed by atoms with van der Waals surface area (Å²) in [7, 11) is 0. The van der Waals surface area contributed by atoms with Gasteiger partial charge in [-0.25, -0.2) is 4.68 Å². The van der Waals surface area contributed by atoms with Crippen LogP contribution in [0, 0.1) is 0 Å². The fourth-order valence-electron chi connectivity index (χ4n) is 2.88. The fraction of sp³-hybridized carbons (Fsp3) is 0.769. The van der Waals surface area contributed by atoms with Gasteiger partial charge < -0.3 is 10.1 Å². The molecule has 3 heterocycles. The summed E-state index contributed by atoms with van der Waals surface area (Å²) in [6.07, 6.45) is 6.21. The molecule has 17 heavy (non-hydrogen) atoms. The van der Waals surface area contributed by atoms with Crippen LogP contribution in [0.3, 0.4) is 0 Å². The van der Waals surface area contributed by atoms with Crippen molar-refractivity contribution in [3.8, 4) is 0 Å². The van der Waals surface area contributed by atoms with Crippen molar-refractivity contribution < 1.29 is 4.74 Å². The Bertz CT molecular complexity index is 394. The van der Waals surface area contributed by atoms with Gasteiger partial charge in [-0.2, -0.15) is 5.10 Å². The second-order valence-electron chi connectivity index (χ2n) is 4.91. The Morgan fingerprint density at radius 3 is 3.12 bits per heavy atom.